The molecule has 1 saturated heterocycles. The van der Waals surface area contributed by atoms with Gasteiger partial charge in [-0.05, 0) is 36.6 Å². The Morgan fingerprint density at radius 1 is 1.25 bits per heavy atom. The summed E-state index contributed by atoms with van der Waals surface area (Å²) >= 11 is 0. The second-order valence-corrected chi connectivity index (χ2v) is 3.98. The Bertz CT molecular complexity index is 475. The van der Waals surface area contributed by atoms with Gasteiger partial charge in [0.1, 0.15) is 0 Å². The molecule has 0 amide bonds. The van der Waals surface area contributed by atoms with Crippen molar-refractivity contribution in [3.8, 4) is 0 Å². The standard InChI is InChI=1S/C12H13N3.ClH/c1-4-13-7-9(1)10-2-6-15-12-3-5-14-8-11(10)12;/h2-3,5-6,8-9,13H,1,4,7H2;1H. The summed E-state index contributed by atoms with van der Waals surface area (Å²) in [6, 6.07) is 4.10. The molecule has 1 atom stereocenters. The third kappa shape index (κ3) is 1.88. The number of nitrogens with zero attached hydrogens (tertiary/aromatic N) is 2. The molecule has 0 aliphatic carbocycles. The van der Waals surface area contributed by atoms with Gasteiger partial charge < -0.3 is 5.32 Å². The second kappa shape index (κ2) is 4.76. The number of aromatic nitrogens is 2. The molecule has 0 saturated carbocycles. The summed E-state index contributed by atoms with van der Waals surface area (Å²) in [5.41, 5.74) is 2.44. The van der Waals surface area contributed by atoms with E-state index in [0.29, 0.717) is 5.92 Å². The van der Waals surface area contributed by atoms with Gasteiger partial charge in [-0.2, -0.15) is 0 Å². The van der Waals surface area contributed by atoms with E-state index < -0.39 is 0 Å². The van der Waals surface area contributed by atoms with Crippen molar-refractivity contribution in [1.29, 1.82) is 0 Å². The molecule has 0 spiro atoms. The molecule has 2 aromatic rings. The van der Waals surface area contributed by atoms with Crippen LogP contribution in [0.25, 0.3) is 10.9 Å². The first-order chi connectivity index (χ1) is 7.45. The lowest BCUT2D eigenvalue weighted by molar-refractivity contribution is 0.768. The second-order valence-electron chi connectivity index (χ2n) is 3.98. The summed E-state index contributed by atoms with van der Waals surface area (Å²) in [5.74, 6) is 0.625. The maximum Gasteiger partial charge on any atom is 0.0735 e. The van der Waals surface area contributed by atoms with Gasteiger partial charge >= 0.3 is 0 Å². The molecule has 3 heterocycles. The summed E-state index contributed by atoms with van der Waals surface area (Å²) < 4.78 is 0. The predicted molar refractivity (Wildman–Crippen MR) is 67.0 cm³/mol. The lowest BCUT2D eigenvalue weighted by Gasteiger charge is -2.10. The van der Waals surface area contributed by atoms with Crippen LogP contribution in [0, 0.1) is 0 Å². The van der Waals surface area contributed by atoms with E-state index in [1.54, 1.807) is 6.20 Å². The van der Waals surface area contributed by atoms with Crippen molar-refractivity contribution < 1.29 is 0 Å². The minimum absolute atomic E-state index is 0. The van der Waals surface area contributed by atoms with Crippen molar-refractivity contribution in [2.45, 2.75) is 12.3 Å². The number of hydrogen-bond donors (Lipinski definition) is 1. The molecule has 3 nitrogen and oxygen atoms in total. The highest BCUT2D eigenvalue weighted by molar-refractivity contribution is 5.85. The molecule has 3 rings (SSSR count). The fourth-order valence-electron chi connectivity index (χ4n) is 2.29. The number of rotatable bonds is 1. The summed E-state index contributed by atoms with van der Waals surface area (Å²) in [4.78, 5) is 8.54. The zero-order valence-corrected chi connectivity index (χ0v) is 9.70. The molecular formula is C12H14ClN3. The van der Waals surface area contributed by atoms with Gasteiger partial charge in [0.05, 0.1) is 5.52 Å². The Kier molecular flexibility index (Phi) is 3.36. The average molecular weight is 236 g/mol. The molecule has 1 N–H and O–H groups in total. The first-order valence-electron chi connectivity index (χ1n) is 5.34. The molecule has 1 fully saturated rings. The van der Waals surface area contributed by atoms with Crippen LogP contribution in [0.15, 0.2) is 30.7 Å². The van der Waals surface area contributed by atoms with E-state index in [1.165, 1.54) is 17.4 Å². The quantitative estimate of drug-likeness (QED) is 0.823. The van der Waals surface area contributed by atoms with E-state index >= 15 is 0 Å². The SMILES string of the molecule is Cl.c1cc2nccc(C3CCNC3)c2cn1. The van der Waals surface area contributed by atoms with Crippen molar-refractivity contribution in [1.82, 2.24) is 15.3 Å². The van der Waals surface area contributed by atoms with Gasteiger partial charge in [-0.1, -0.05) is 0 Å². The van der Waals surface area contributed by atoms with Gasteiger partial charge in [-0.25, -0.2) is 0 Å². The Hall–Kier alpha value is -1.19. The lowest BCUT2D eigenvalue weighted by atomic mass is 9.96. The molecular weight excluding hydrogens is 222 g/mol. The summed E-state index contributed by atoms with van der Waals surface area (Å²) in [5, 5.41) is 4.60. The van der Waals surface area contributed by atoms with Gasteiger partial charge in [0, 0.05) is 30.5 Å². The summed E-state index contributed by atoms with van der Waals surface area (Å²) in [6.45, 7) is 2.20. The smallest absolute Gasteiger partial charge is 0.0735 e. The van der Waals surface area contributed by atoms with Crippen LogP contribution in [0.1, 0.15) is 17.9 Å². The number of hydrogen-bond acceptors (Lipinski definition) is 3. The number of nitrogens with one attached hydrogen (secondary N) is 1. The van der Waals surface area contributed by atoms with Gasteiger partial charge in [-0.3, -0.25) is 9.97 Å². The normalized spacial score (nSPS) is 19.6. The van der Waals surface area contributed by atoms with E-state index in [1.807, 2.05) is 18.5 Å². The van der Waals surface area contributed by atoms with E-state index in [-0.39, 0.29) is 12.4 Å². The van der Waals surface area contributed by atoms with Gasteiger partial charge in [-0.15, -0.1) is 12.4 Å². The highest BCUT2D eigenvalue weighted by atomic mass is 35.5. The predicted octanol–water partition coefficient (Wildman–Crippen LogP) is 2.13. The Labute approximate surface area is 101 Å². The molecule has 0 aromatic carbocycles. The zero-order valence-electron chi connectivity index (χ0n) is 8.89. The van der Waals surface area contributed by atoms with Crippen LogP contribution < -0.4 is 5.32 Å². The molecule has 4 heteroatoms. The molecule has 2 aromatic heterocycles. The van der Waals surface area contributed by atoms with Gasteiger partial charge in [0.2, 0.25) is 0 Å². The van der Waals surface area contributed by atoms with Gasteiger partial charge in [0.25, 0.3) is 0 Å². The highest BCUT2D eigenvalue weighted by Gasteiger charge is 2.18. The fourth-order valence-corrected chi connectivity index (χ4v) is 2.29. The average Bonchev–Trinajstić information content (AvgIpc) is 2.82. The molecule has 84 valence electrons. The van der Waals surface area contributed by atoms with E-state index in [9.17, 15) is 0 Å². The topological polar surface area (TPSA) is 37.8 Å². The van der Waals surface area contributed by atoms with Crippen molar-refractivity contribution in [2.75, 3.05) is 13.1 Å². The van der Waals surface area contributed by atoms with E-state index in [4.69, 9.17) is 0 Å². The number of halogens is 1. The number of fused-ring (bicyclic) bond motifs is 1. The Morgan fingerprint density at radius 3 is 3.00 bits per heavy atom. The first kappa shape index (κ1) is 11.3. The van der Waals surface area contributed by atoms with E-state index in [2.05, 4.69) is 21.4 Å². The van der Waals surface area contributed by atoms with Crippen LogP contribution in [0.5, 0.6) is 0 Å². The monoisotopic (exact) mass is 235 g/mol. The van der Waals surface area contributed by atoms with Crippen molar-refractivity contribution in [2.24, 2.45) is 0 Å². The van der Waals surface area contributed by atoms with E-state index in [0.717, 1.165) is 18.6 Å². The highest BCUT2D eigenvalue weighted by Crippen LogP contribution is 2.27. The summed E-state index contributed by atoms with van der Waals surface area (Å²) in [7, 11) is 0. The first-order valence-corrected chi connectivity index (χ1v) is 5.34. The summed E-state index contributed by atoms with van der Waals surface area (Å²) in [6.07, 6.45) is 6.84. The van der Waals surface area contributed by atoms with Crippen LogP contribution in [-0.2, 0) is 0 Å². The van der Waals surface area contributed by atoms with Gasteiger partial charge in [0.15, 0.2) is 0 Å². The van der Waals surface area contributed by atoms with Crippen LogP contribution in [0.2, 0.25) is 0 Å². The third-order valence-corrected chi connectivity index (χ3v) is 3.08. The minimum atomic E-state index is 0. The van der Waals surface area contributed by atoms with Crippen LogP contribution in [0.4, 0.5) is 0 Å². The number of pyridine rings is 2. The Balaban J connectivity index is 0.000000963. The molecule has 1 aliphatic rings. The third-order valence-electron chi connectivity index (χ3n) is 3.08. The van der Waals surface area contributed by atoms with Crippen LogP contribution in [-0.4, -0.2) is 23.1 Å². The molecule has 0 radical (unpaired) electrons. The minimum Gasteiger partial charge on any atom is -0.316 e. The largest absolute Gasteiger partial charge is 0.316 e. The fraction of sp³-hybridized carbons (Fsp3) is 0.333. The lowest BCUT2D eigenvalue weighted by Crippen LogP contribution is -2.08. The van der Waals surface area contributed by atoms with Crippen LogP contribution in [0.3, 0.4) is 0 Å². The molecule has 1 unspecified atom stereocenters. The zero-order chi connectivity index (χ0) is 10.1. The molecule has 0 bridgehead atoms. The van der Waals surface area contributed by atoms with Crippen molar-refractivity contribution in [3.63, 3.8) is 0 Å². The van der Waals surface area contributed by atoms with Crippen LogP contribution >= 0.6 is 12.4 Å². The van der Waals surface area contributed by atoms with Crippen molar-refractivity contribution >= 4 is 23.3 Å². The maximum atomic E-state index is 4.35. The molecule has 16 heavy (non-hydrogen) atoms. The Morgan fingerprint density at radius 2 is 2.19 bits per heavy atom. The maximum absolute atomic E-state index is 4.35. The molecule has 1 aliphatic heterocycles. The van der Waals surface area contributed by atoms with Crippen molar-refractivity contribution in [3.05, 3.63) is 36.3 Å².